The standard InChI is InChI=1S/C18H21N5O3S2/c1-28(25,26)22-9-7-13(11-22)17-21-20-16-5-4-14(12-23(16)17)18(24)19-8-6-15-3-2-10-27-15/h2-5,10,12-13H,6-9,11H2,1H3,(H,19,24)/t13-/m1/s1. The summed E-state index contributed by atoms with van der Waals surface area (Å²) in [7, 11) is -3.22. The van der Waals surface area contributed by atoms with Crippen LogP contribution in [0.4, 0.5) is 0 Å². The van der Waals surface area contributed by atoms with Gasteiger partial charge in [0.15, 0.2) is 5.65 Å². The quantitative estimate of drug-likeness (QED) is 0.653. The number of sulfonamides is 1. The SMILES string of the molecule is CS(=O)(=O)N1CC[C@@H](c2nnc3ccc(C(=O)NCCc4cccs4)cn23)C1. The van der Waals surface area contributed by atoms with Gasteiger partial charge in [-0.2, -0.15) is 0 Å². The monoisotopic (exact) mass is 419 g/mol. The van der Waals surface area contributed by atoms with Gasteiger partial charge in [-0.15, -0.1) is 21.5 Å². The van der Waals surface area contributed by atoms with Gasteiger partial charge in [0, 0.05) is 36.6 Å². The molecule has 4 heterocycles. The maximum Gasteiger partial charge on any atom is 0.252 e. The highest BCUT2D eigenvalue weighted by Crippen LogP contribution is 2.27. The number of hydrogen-bond donors (Lipinski definition) is 1. The molecule has 1 fully saturated rings. The van der Waals surface area contributed by atoms with E-state index in [0.717, 1.165) is 6.42 Å². The second kappa shape index (κ2) is 7.61. The molecule has 28 heavy (non-hydrogen) atoms. The lowest BCUT2D eigenvalue weighted by atomic mass is 10.1. The first-order chi connectivity index (χ1) is 13.4. The van der Waals surface area contributed by atoms with Crippen LogP contribution in [0, 0.1) is 0 Å². The summed E-state index contributed by atoms with van der Waals surface area (Å²) in [6, 6.07) is 7.53. The highest BCUT2D eigenvalue weighted by atomic mass is 32.2. The number of carbonyl (C=O) groups excluding carboxylic acids is 1. The van der Waals surface area contributed by atoms with E-state index in [9.17, 15) is 13.2 Å². The maximum atomic E-state index is 12.5. The maximum absolute atomic E-state index is 12.5. The predicted octanol–water partition coefficient (Wildman–Crippen LogP) is 1.51. The van der Waals surface area contributed by atoms with Crippen LogP contribution >= 0.6 is 11.3 Å². The molecule has 148 valence electrons. The topological polar surface area (TPSA) is 96.7 Å². The molecule has 0 unspecified atom stereocenters. The largest absolute Gasteiger partial charge is 0.352 e. The molecule has 0 radical (unpaired) electrons. The number of pyridine rings is 1. The van der Waals surface area contributed by atoms with Crippen molar-refractivity contribution in [3.05, 3.63) is 52.1 Å². The zero-order valence-corrected chi connectivity index (χ0v) is 17.0. The van der Waals surface area contributed by atoms with E-state index in [1.165, 1.54) is 15.4 Å². The highest BCUT2D eigenvalue weighted by Gasteiger charge is 2.32. The van der Waals surface area contributed by atoms with Gasteiger partial charge in [0.2, 0.25) is 10.0 Å². The van der Waals surface area contributed by atoms with Gasteiger partial charge in [0.05, 0.1) is 11.8 Å². The lowest BCUT2D eigenvalue weighted by Crippen LogP contribution is -2.27. The molecule has 0 aromatic carbocycles. The van der Waals surface area contributed by atoms with Crippen LogP contribution in [0.25, 0.3) is 5.65 Å². The van der Waals surface area contributed by atoms with Crippen molar-refractivity contribution in [2.75, 3.05) is 25.9 Å². The number of nitrogens with zero attached hydrogens (tertiary/aromatic N) is 4. The van der Waals surface area contributed by atoms with Crippen LogP contribution < -0.4 is 5.32 Å². The number of amides is 1. The van der Waals surface area contributed by atoms with Gasteiger partial charge in [-0.05, 0) is 36.4 Å². The zero-order chi connectivity index (χ0) is 19.7. The van der Waals surface area contributed by atoms with Gasteiger partial charge >= 0.3 is 0 Å². The van der Waals surface area contributed by atoms with Crippen LogP contribution in [0.5, 0.6) is 0 Å². The van der Waals surface area contributed by atoms with Crippen molar-refractivity contribution in [1.82, 2.24) is 24.2 Å². The fourth-order valence-electron chi connectivity index (χ4n) is 3.42. The number of nitrogens with one attached hydrogen (secondary N) is 1. The lowest BCUT2D eigenvalue weighted by Gasteiger charge is -2.12. The Labute approximate surface area is 167 Å². The summed E-state index contributed by atoms with van der Waals surface area (Å²) in [5.41, 5.74) is 1.17. The van der Waals surface area contributed by atoms with E-state index in [1.54, 1.807) is 34.1 Å². The Morgan fingerprint density at radius 2 is 2.18 bits per heavy atom. The highest BCUT2D eigenvalue weighted by molar-refractivity contribution is 7.88. The van der Waals surface area contributed by atoms with Gasteiger partial charge in [-0.25, -0.2) is 12.7 Å². The van der Waals surface area contributed by atoms with Crippen LogP contribution in [0.15, 0.2) is 35.8 Å². The summed E-state index contributed by atoms with van der Waals surface area (Å²) in [6.07, 6.45) is 4.43. The Morgan fingerprint density at radius 1 is 1.32 bits per heavy atom. The number of hydrogen-bond acceptors (Lipinski definition) is 6. The molecule has 0 bridgehead atoms. The molecule has 1 N–H and O–H groups in total. The van der Waals surface area contributed by atoms with E-state index in [2.05, 4.69) is 15.5 Å². The Bertz CT molecular complexity index is 1090. The van der Waals surface area contributed by atoms with Gasteiger partial charge < -0.3 is 5.32 Å². The van der Waals surface area contributed by atoms with E-state index in [1.807, 2.05) is 17.5 Å². The molecule has 1 amide bonds. The number of aromatic nitrogens is 3. The van der Waals surface area contributed by atoms with E-state index in [4.69, 9.17) is 0 Å². The molecule has 1 saturated heterocycles. The van der Waals surface area contributed by atoms with E-state index < -0.39 is 10.0 Å². The summed E-state index contributed by atoms with van der Waals surface area (Å²) >= 11 is 1.67. The molecule has 0 aliphatic carbocycles. The third-order valence-electron chi connectivity index (χ3n) is 4.91. The number of fused-ring (bicyclic) bond motifs is 1. The van der Waals surface area contributed by atoms with Crippen LogP contribution in [0.2, 0.25) is 0 Å². The van der Waals surface area contributed by atoms with Crippen molar-refractivity contribution in [2.45, 2.75) is 18.8 Å². The normalized spacial score (nSPS) is 18.0. The fourth-order valence-corrected chi connectivity index (χ4v) is 5.01. The molecule has 0 saturated carbocycles. The van der Waals surface area contributed by atoms with Gasteiger partial charge in [0.1, 0.15) is 5.82 Å². The third-order valence-corrected chi connectivity index (χ3v) is 7.12. The number of rotatable bonds is 6. The summed E-state index contributed by atoms with van der Waals surface area (Å²) in [4.78, 5) is 13.7. The number of thiophene rings is 1. The van der Waals surface area contributed by atoms with E-state index in [0.29, 0.717) is 43.1 Å². The van der Waals surface area contributed by atoms with Crippen LogP contribution in [-0.2, 0) is 16.4 Å². The van der Waals surface area contributed by atoms with Crippen molar-refractivity contribution in [2.24, 2.45) is 0 Å². The second-order valence-corrected chi connectivity index (χ2v) is 9.91. The Balaban J connectivity index is 1.49. The van der Waals surface area contributed by atoms with Crippen molar-refractivity contribution in [3.63, 3.8) is 0 Å². The fraction of sp³-hybridized carbons (Fsp3) is 0.389. The molecular formula is C18H21N5O3S2. The minimum atomic E-state index is -3.22. The van der Waals surface area contributed by atoms with Crippen molar-refractivity contribution in [3.8, 4) is 0 Å². The minimum Gasteiger partial charge on any atom is -0.352 e. The lowest BCUT2D eigenvalue weighted by molar-refractivity contribution is 0.0953. The average Bonchev–Trinajstić information content (AvgIpc) is 3.40. The molecule has 1 aliphatic heterocycles. The number of carbonyl (C=O) groups is 1. The average molecular weight is 420 g/mol. The molecular weight excluding hydrogens is 398 g/mol. The van der Waals surface area contributed by atoms with Crippen molar-refractivity contribution in [1.29, 1.82) is 0 Å². The van der Waals surface area contributed by atoms with Crippen molar-refractivity contribution >= 4 is 32.9 Å². The minimum absolute atomic E-state index is 0.0399. The third kappa shape index (κ3) is 3.94. The summed E-state index contributed by atoms with van der Waals surface area (Å²) in [6.45, 7) is 1.43. The van der Waals surface area contributed by atoms with Crippen LogP contribution in [0.1, 0.15) is 33.4 Å². The van der Waals surface area contributed by atoms with Gasteiger partial charge in [-0.3, -0.25) is 9.20 Å². The first-order valence-corrected chi connectivity index (χ1v) is 11.7. The van der Waals surface area contributed by atoms with Crippen molar-refractivity contribution < 1.29 is 13.2 Å². The molecule has 0 spiro atoms. The molecule has 3 aromatic heterocycles. The summed E-state index contributed by atoms with van der Waals surface area (Å²) in [5, 5.41) is 13.4. The van der Waals surface area contributed by atoms with Gasteiger partial charge in [-0.1, -0.05) is 6.07 Å². The zero-order valence-electron chi connectivity index (χ0n) is 15.4. The molecule has 3 aromatic rings. The Kier molecular flexibility index (Phi) is 5.17. The van der Waals surface area contributed by atoms with E-state index in [-0.39, 0.29) is 11.8 Å². The van der Waals surface area contributed by atoms with Crippen LogP contribution in [-0.4, -0.2) is 59.1 Å². The first kappa shape index (κ1) is 19.0. The Morgan fingerprint density at radius 3 is 2.89 bits per heavy atom. The predicted molar refractivity (Wildman–Crippen MR) is 107 cm³/mol. The molecule has 8 nitrogen and oxygen atoms in total. The Hall–Kier alpha value is -2.30. The second-order valence-electron chi connectivity index (χ2n) is 6.90. The molecule has 10 heteroatoms. The van der Waals surface area contributed by atoms with Crippen LogP contribution in [0.3, 0.4) is 0 Å². The van der Waals surface area contributed by atoms with E-state index >= 15 is 0 Å². The molecule has 1 atom stereocenters. The molecule has 1 aliphatic rings. The summed E-state index contributed by atoms with van der Waals surface area (Å²) in [5.74, 6) is 0.499. The molecule has 4 rings (SSSR count). The summed E-state index contributed by atoms with van der Waals surface area (Å²) < 4.78 is 26.8. The smallest absolute Gasteiger partial charge is 0.252 e. The first-order valence-electron chi connectivity index (χ1n) is 9.02. The van der Waals surface area contributed by atoms with Gasteiger partial charge in [0.25, 0.3) is 5.91 Å².